The second-order valence-corrected chi connectivity index (χ2v) is 6.26. The molecule has 1 aromatic carbocycles. The van der Waals surface area contributed by atoms with Gasteiger partial charge in [-0.25, -0.2) is 8.96 Å². The van der Waals surface area contributed by atoms with E-state index < -0.39 is 14.0 Å². The van der Waals surface area contributed by atoms with Crippen LogP contribution in [0.4, 0.5) is 10.1 Å². The third-order valence-corrected chi connectivity index (χ3v) is 3.50. The van der Waals surface area contributed by atoms with E-state index in [4.69, 9.17) is 15.5 Å². The van der Waals surface area contributed by atoms with E-state index in [1.807, 2.05) is 0 Å². The number of rotatable bonds is 9. The van der Waals surface area contributed by atoms with Crippen LogP contribution in [0.5, 0.6) is 5.75 Å². The molecule has 0 heterocycles. The van der Waals surface area contributed by atoms with Crippen LogP contribution in [-0.4, -0.2) is 22.2 Å². The van der Waals surface area contributed by atoms with Crippen molar-refractivity contribution in [1.29, 1.82) is 0 Å². The zero-order chi connectivity index (χ0) is 17.5. The molecule has 0 aliphatic rings. The van der Waals surface area contributed by atoms with E-state index in [1.165, 1.54) is 25.1 Å². The number of carbonyl (C=O) groups excluding carboxylic acids is 1. The summed E-state index contributed by atoms with van der Waals surface area (Å²) in [6, 6.07) is 3.86. The number of hydrogen-bond acceptors (Lipinski definition) is 4. The van der Waals surface area contributed by atoms with E-state index in [1.54, 1.807) is 0 Å². The first-order valence-electron chi connectivity index (χ1n) is 7.26. The normalized spacial score (nSPS) is 12.7. The quantitative estimate of drug-likeness (QED) is 0.402. The smallest absolute Gasteiger partial charge is 0.402 e. The number of hydrogen-bond donors (Lipinski definition) is 4. The SMILES string of the molecule is CC(F)c1ccc(OP(=O)(O)O)c(NC(=O)CCCCCN)c1. The number of nitrogens with two attached hydrogens (primary N) is 1. The van der Waals surface area contributed by atoms with Gasteiger partial charge in [0.2, 0.25) is 5.91 Å². The molecule has 1 rings (SSSR count). The van der Waals surface area contributed by atoms with E-state index in [-0.39, 0.29) is 29.3 Å². The number of unbranched alkanes of at least 4 members (excludes halogenated alkanes) is 2. The van der Waals surface area contributed by atoms with Crippen molar-refractivity contribution in [2.45, 2.75) is 38.8 Å². The molecule has 0 radical (unpaired) electrons. The lowest BCUT2D eigenvalue weighted by atomic mass is 10.1. The Labute approximate surface area is 134 Å². The van der Waals surface area contributed by atoms with E-state index in [0.717, 1.165) is 12.8 Å². The van der Waals surface area contributed by atoms with Crippen LogP contribution in [0.15, 0.2) is 18.2 Å². The number of nitrogens with one attached hydrogen (secondary N) is 1. The number of alkyl halides is 1. The van der Waals surface area contributed by atoms with E-state index in [0.29, 0.717) is 13.0 Å². The molecule has 0 fully saturated rings. The van der Waals surface area contributed by atoms with Gasteiger partial charge in [-0.2, -0.15) is 0 Å². The fourth-order valence-corrected chi connectivity index (χ4v) is 2.34. The van der Waals surface area contributed by atoms with Gasteiger partial charge in [0.15, 0.2) is 5.75 Å². The van der Waals surface area contributed by atoms with Gasteiger partial charge in [-0.3, -0.25) is 14.6 Å². The summed E-state index contributed by atoms with van der Waals surface area (Å²) in [7, 11) is -4.79. The summed E-state index contributed by atoms with van der Waals surface area (Å²) in [5, 5.41) is 2.50. The molecule has 0 aliphatic carbocycles. The van der Waals surface area contributed by atoms with Gasteiger partial charge < -0.3 is 15.6 Å². The molecule has 0 aromatic heterocycles. The molecule has 0 aliphatic heterocycles. The van der Waals surface area contributed by atoms with Crippen LogP contribution >= 0.6 is 7.82 Å². The standard InChI is InChI=1S/C14H22FN2O5P/c1-10(15)11-6-7-13(22-23(19,20)21)12(9-11)17-14(18)5-3-2-4-8-16/h6-7,9-10H,2-5,8,16H2,1H3,(H,17,18)(H2,19,20,21). The summed E-state index contributed by atoms with van der Waals surface area (Å²) in [5.74, 6) is -0.556. The highest BCUT2D eigenvalue weighted by atomic mass is 31.2. The van der Waals surface area contributed by atoms with E-state index in [9.17, 15) is 13.8 Å². The highest BCUT2D eigenvalue weighted by molar-refractivity contribution is 7.46. The average molecular weight is 348 g/mol. The minimum atomic E-state index is -4.79. The maximum Gasteiger partial charge on any atom is 0.524 e. The lowest BCUT2D eigenvalue weighted by molar-refractivity contribution is -0.116. The summed E-state index contributed by atoms with van der Waals surface area (Å²) in [5.41, 5.74) is 5.66. The summed E-state index contributed by atoms with van der Waals surface area (Å²) in [6.45, 7) is 1.87. The molecule has 1 amide bonds. The van der Waals surface area contributed by atoms with Gasteiger partial charge in [0, 0.05) is 6.42 Å². The fraction of sp³-hybridized carbons (Fsp3) is 0.500. The van der Waals surface area contributed by atoms with Gasteiger partial charge in [0.05, 0.1) is 5.69 Å². The van der Waals surface area contributed by atoms with Crippen molar-refractivity contribution in [3.05, 3.63) is 23.8 Å². The molecule has 0 saturated heterocycles. The highest BCUT2D eigenvalue weighted by Crippen LogP contribution is 2.42. The number of anilines is 1. The summed E-state index contributed by atoms with van der Waals surface area (Å²) in [6.07, 6.45) is 1.19. The first-order chi connectivity index (χ1) is 10.7. The molecule has 7 nitrogen and oxygen atoms in total. The van der Waals surface area contributed by atoms with Crippen molar-refractivity contribution in [2.24, 2.45) is 5.73 Å². The summed E-state index contributed by atoms with van der Waals surface area (Å²) >= 11 is 0. The minimum Gasteiger partial charge on any atom is -0.402 e. The summed E-state index contributed by atoms with van der Waals surface area (Å²) < 4.78 is 28.9. The van der Waals surface area contributed by atoms with Gasteiger partial charge in [-0.15, -0.1) is 0 Å². The molecule has 9 heteroatoms. The Morgan fingerprint density at radius 2 is 2.09 bits per heavy atom. The molecule has 1 atom stereocenters. The van der Waals surface area contributed by atoms with Crippen LogP contribution in [-0.2, 0) is 9.36 Å². The average Bonchev–Trinajstić information content (AvgIpc) is 2.44. The van der Waals surface area contributed by atoms with Crippen LogP contribution in [0.3, 0.4) is 0 Å². The maximum atomic E-state index is 13.4. The topological polar surface area (TPSA) is 122 Å². The summed E-state index contributed by atoms with van der Waals surface area (Å²) in [4.78, 5) is 29.7. The van der Waals surface area contributed by atoms with Crippen LogP contribution in [0.1, 0.15) is 44.3 Å². The number of phosphoric ester groups is 1. The Kier molecular flexibility index (Phi) is 7.64. The Balaban J connectivity index is 2.85. The third-order valence-electron chi connectivity index (χ3n) is 3.06. The first kappa shape index (κ1) is 19.6. The third kappa shape index (κ3) is 7.56. The maximum absolute atomic E-state index is 13.4. The largest absolute Gasteiger partial charge is 0.524 e. The predicted octanol–water partition coefficient (Wildman–Crippen LogP) is 2.65. The van der Waals surface area contributed by atoms with Crippen LogP contribution in [0, 0.1) is 0 Å². The van der Waals surface area contributed by atoms with Crippen molar-refractivity contribution < 1.29 is 28.1 Å². The minimum absolute atomic E-state index is 0.0270. The van der Waals surface area contributed by atoms with E-state index in [2.05, 4.69) is 9.84 Å². The lowest BCUT2D eigenvalue weighted by Crippen LogP contribution is -2.12. The zero-order valence-electron chi connectivity index (χ0n) is 12.9. The molecule has 1 aromatic rings. The number of benzene rings is 1. The molecule has 1 unspecified atom stereocenters. The van der Waals surface area contributed by atoms with Crippen LogP contribution in [0.2, 0.25) is 0 Å². The molecule has 130 valence electrons. The molecule has 5 N–H and O–H groups in total. The Morgan fingerprint density at radius 3 is 2.65 bits per heavy atom. The molecule has 23 heavy (non-hydrogen) atoms. The van der Waals surface area contributed by atoms with Gasteiger partial charge in [0.1, 0.15) is 6.17 Å². The highest BCUT2D eigenvalue weighted by Gasteiger charge is 2.20. The number of carbonyl (C=O) groups is 1. The molecular weight excluding hydrogens is 326 g/mol. The molecule has 0 bridgehead atoms. The molecule has 0 spiro atoms. The molecular formula is C14H22FN2O5P. The van der Waals surface area contributed by atoms with Crippen molar-refractivity contribution in [2.75, 3.05) is 11.9 Å². The number of amides is 1. The Morgan fingerprint density at radius 1 is 1.39 bits per heavy atom. The van der Waals surface area contributed by atoms with E-state index >= 15 is 0 Å². The first-order valence-corrected chi connectivity index (χ1v) is 8.79. The van der Waals surface area contributed by atoms with Crippen LogP contribution in [0.25, 0.3) is 0 Å². The van der Waals surface area contributed by atoms with Gasteiger partial charge in [-0.05, 0) is 44.0 Å². The lowest BCUT2D eigenvalue weighted by Gasteiger charge is -2.15. The van der Waals surface area contributed by atoms with Gasteiger partial charge in [0.25, 0.3) is 0 Å². The zero-order valence-corrected chi connectivity index (χ0v) is 13.8. The Bertz CT molecular complexity index is 576. The second kappa shape index (κ2) is 8.98. The molecule has 0 saturated carbocycles. The fourth-order valence-electron chi connectivity index (χ4n) is 1.92. The van der Waals surface area contributed by atoms with Gasteiger partial charge >= 0.3 is 7.82 Å². The Hall–Kier alpha value is -1.47. The monoisotopic (exact) mass is 348 g/mol. The van der Waals surface area contributed by atoms with Crippen LogP contribution < -0.4 is 15.6 Å². The number of phosphoric acid groups is 1. The van der Waals surface area contributed by atoms with Crippen molar-refractivity contribution in [1.82, 2.24) is 0 Å². The number of halogens is 1. The second-order valence-electron chi connectivity index (χ2n) is 5.10. The van der Waals surface area contributed by atoms with Gasteiger partial charge in [-0.1, -0.05) is 12.5 Å². The van der Waals surface area contributed by atoms with Crippen molar-refractivity contribution in [3.63, 3.8) is 0 Å². The van der Waals surface area contributed by atoms with Crippen molar-refractivity contribution >= 4 is 19.4 Å². The van der Waals surface area contributed by atoms with Crippen molar-refractivity contribution in [3.8, 4) is 5.75 Å². The predicted molar refractivity (Wildman–Crippen MR) is 84.8 cm³/mol.